The van der Waals surface area contributed by atoms with Crippen LogP contribution in [0.15, 0.2) is 0 Å². The first kappa shape index (κ1) is 12.2. The van der Waals surface area contributed by atoms with Gasteiger partial charge >= 0.3 is 0 Å². The second kappa shape index (κ2) is 5.33. The summed E-state index contributed by atoms with van der Waals surface area (Å²) < 4.78 is 0. The van der Waals surface area contributed by atoms with Gasteiger partial charge in [-0.1, -0.05) is 40.5 Å². The maximum atomic E-state index is 2.37. The molecule has 0 N–H and O–H groups in total. The summed E-state index contributed by atoms with van der Waals surface area (Å²) in [6.07, 6.45) is 4.81. The molecule has 0 saturated heterocycles. The molecule has 0 saturated carbocycles. The van der Waals surface area contributed by atoms with Crippen LogP contribution in [0.2, 0.25) is 0 Å². The zero-order valence-electron chi connectivity index (χ0n) is 6.49. The summed E-state index contributed by atoms with van der Waals surface area (Å²) in [6, 6.07) is 0. The summed E-state index contributed by atoms with van der Waals surface area (Å²) in [7, 11) is 0. The van der Waals surface area contributed by atoms with Crippen molar-refractivity contribution in [3.05, 3.63) is 6.42 Å². The van der Waals surface area contributed by atoms with Gasteiger partial charge in [-0.05, 0) is 11.8 Å². The Morgan fingerprint density at radius 1 is 1.22 bits per heavy atom. The molecule has 0 aromatic heterocycles. The molecule has 1 heteroatoms. The van der Waals surface area contributed by atoms with Gasteiger partial charge in [-0.25, -0.2) is 0 Å². The van der Waals surface area contributed by atoms with Crippen molar-refractivity contribution in [2.75, 3.05) is 0 Å². The van der Waals surface area contributed by atoms with Crippen LogP contribution in [0.25, 0.3) is 0 Å². The van der Waals surface area contributed by atoms with Gasteiger partial charge in [-0.3, -0.25) is 0 Å². The summed E-state index contributed by atoms with van der Waals surface area (Å²) in [4.78, 5) is 0. The Labute approximate surface area is 70.2 Å². The highest BCUT2D eigenvalue weighted by molar-refractivity contribution is 5.75. The second-order valence-corrected chi connectivity index (χ2v) is 2.95. The van der Waals surface area contributed by atoms with Gasteiger partial charge in [0, 0.05) is 0 Å². The van der Waals surface area contributed by atoms with Crippen molar-refractivity contribution >= 4 is 17.4 Å². The predicted molar refractivity (Wildman–Crippen MR) is 48.6 cm³/mol. The first-order chi connectivity index (χ1) is 3.62. The lowest BCUT2D eigenvalue weighted by Crippen LogP contribution is -2.08. The highest BCUT2D eigenvalue weighted by Crippen LogP contribution is 2.24. The third kappa shape index (κ3) is 6.42. The fourth-order valence-corrected chi connectivity index (χ4v) is 0.697. The molecular weight excluding hydrogens is 123 g/mol. The fourth-order valence-electron chi connectivity index (χ4n) is 0.697. The first-order valence-electron chi connectivity index (χ1n) is 3.46. The van der Waals surface area contributed by atoms with Crippen LogP contribution in [0.4, 0.5) is 0 Å². The lowest BCUT2D eigenvalue weighted by Gasteiger charge is -2.20. The minimum absolute atomic E-state index is 0. The normalized spacial score (nSPS) is 10.7. The predicted octanol–water partition coefficient (Wildman–Crippen LogP) is 1.85. The van der Waals surface area contributed by atoms with Gasteiger partial charge < -0.3 is 0 Å². The molecule has 0 unspecified atom stereocenters. The van der Waals surface area contributed by atoms with Crippen molar-refractivity contribution in [3.8, 4) is 0 Å². The molecule has 55 valence electrons. The highest BCUT2D eigenvalue weighted by atomic mass is 27.0. The van der Waals surface area contributed by atoms with Gasteiger partial charge in [0.1, 0.15) is 0 Å². The van der Waals surface area contributed by atoms with E-state index in [-0.39, 0.29) is 17.4 Å². The average Bonchev–Trinajstić information content (AvgIpc) is 1.67. The molecule has 0 rings (SSSR count). The Morgan fingerprint density at radius 2 is 1.67 bits per heavy atom. The van der Waals surface area contributed by atoms with E-state index >= 15 is 0 Å². The molecule has 0 heterocycles. The highest BCUT2D eigenvalue weighted by Gasteiger charge is 2.12. The lowest BCUT2D eigenvalue weighted by molar-refractivity contribution is 0.410. The zero-order valence-corrected chi connectivity index (χ0v) is 6.49. The van der Waals surface area contributed by atoms with Gasteiger partial charge in [0.25, 0.3) is 0 Å². The third-order valence-electron chi connectivity index (χ3n) is 1.67. The minimum atomic E-state index is 0. The van der Waals surface area contributed by atoms with Crippen LogP contribution in [0.1, 0.15) is 40.5 Å². The van der Waals surface area contributed by atoms with E-state index in [1.807, 2.05) is 0 Å². The molecule has 0 nitrogen and oxygen atoms in total. The van der Waals surface area contributed by atoms with Crippen LogP contribution in [0.3, 0.4) is 0 Å². The average molecular weight is 143 g/mol. The first-order valence-corrected chi connectivity index (χ1v) is 3.46. The van der Waals surface area contributed by atoms with Crippen LogP contribution in [0.5, 0.6) is 0 Å². The maximum absolute atomic E-state index is 2.37. The van der Waals surface area contributed by atoms with E-state index < -0.39 is 0 Å². The van der Waals surface area contributed by atoms with Crippen molar-refractivity contribution in [3.63, 3.8) is 0 Å². The van der Waals surface area contributed by atoms with Crippen molar-refractivity contribution in [1.82, 2.24) is 0 Å². The van der Waals surface area contributed by atoms with Crippen molar-refractivity contribution < 1.29 is 0 Å². The Bertz CT molecular complexity index is 57.6. The van der Waals surface area contributed by atoms with Gasteiger partial charge in [0.05, 0.1) is 0 Å². The number of hydrogen-bond acceptors (Lipinski definition) is 0. The smallest absolute Gasteiger partial charge is 0.0651 e. The molecule has 0 aromatic rings. The van der Waals surface area contributed by atoms with E-state index in [0.717, 1.165) is 0 Å². The molecule has 1 radical (unpaired) electrons. The molecule has 0 aliphatic rings. The van der Waals surface area contributed by atoms with Crippen molar-refractivity contribution in [2.24, 2.45) is 5.41 Å². The molecule has 0 fully saturated rings. The molecule has 0 amide bonds. The Hall–Kier alpha value is 0.532. The van der Waals surface area contributed by atoms with E-state index in [1.165, 1.54) is 12.8 Å². The molecule has 0 atom stereocenters. The van der Waals surface area contributed by atoms with Gasteiger partial charge in [0.2, 0.25) is 0 Å². The van der Waals surface area contributed by atoms with Gasteiger partial charge in [-0.15, -0.1) is 0 Å². The van der Waals surface area contributed by atoms with Crippen molar-refractivity contribution in [1.29, 1.82) is 0 Å². The largest absolute Gasteiger partial charge is 0.187 e. The molecule has 0 aliphatic heterocycles. The molecule has 0 aromatic carbocycles. The van der Waals surface area contributed by atoms with E-state index in [4.69, 9.17) is 0 Å². The summed E-state index contributed by atoms with van der Waals surface area (Å²) in [6.45, 7) is 8.97. The van der Waals surface area contributed by atoms with E-state index in [0.29, 0.717) is 5.41 Å². The molecule has 0 bridgehead atoms. The Balaban J connectivity index is 0. The second-order valence-electron chi connectivity index (χ2n) is 2.95. The van der Waals surface area contributed by atoms with Crippen LogP contribution < -0.4 is 0 Å². The van der Waals surface area contributed by atoms with Gasteiger partial charge in [-0.2, -0.15) is 0 Å². The third-order valence-corrected chi connectivity index (χ3v) is 1.67. The summed E-state index contributed by atoms with van der Waals surface area (Å²) in [5.74, 6) is 0. The lowest BCUT2D eigenvalue weighted by atomic mass is 9.86. The summed E-state index contributed by atoms with van der Waals surface area (Å²) in [5.41, 5.74) is 0.467. The Morgan fingerprint density at radius 3 is 1.78 bits per heavy atom. The molecule has 0 spiro atoms. The Kier molecular flexibility index (Phi) is 7.24. The van der Waals surface area contributed by atoms with Crippen LogP contribution >= 0.6 is 0 Å². The van der Waals surface area contributed by atoms with Crippen LogP contribution in [-0.2, 0) is 0 Å². The van der Waals surface area contributed by atoms with Crippen LogP contribution in [-0.4, -0.2) is 17.4 Å². The quantitative estimate of drug-likeness (QED) is 0.529. The van der Waals surface area contributed by atoms with E-state index in [1.54, 1.807) is 0 Å². The fraction of sp³-hybridized carbons (Fsp3) is 0.875. The summed E-state index contributed by atoms with van der Waals surface area (Å²) in [5, 5.41) is 0. The molecule has 0 aliphatic carbocycles. The molecule has 9 heavy (non-hydrogen) atoms. The van der Waals surface area contributed by atoms with Crippen LogP contribution in [0, 0.1) is 11.8 Å². The standard InChI is InChI=1S/C8H17.Al.3H/c1-5-7-8(3,4)6-2;;;;/h7H,5-6H2,1-4H3;;;;. The zero-order chi connectivity index (χ0) is 6.62. The maximum Gasteiger partial charge on any atom is 0.187 e. The van der Waals surface area contributed by atoms with E-state index in [2.05, 4.69) is 34.1 Å². The number of rotatable bonds is 3. The summed E-state index contributed by atoms with van der Waals surface area (Å²) >= 11 is 0. The molecular formula is C8H20Al. The van der Waals surface area contributed by atoms with Gasteiger partial charge in [0.15, 0.2) is 17.4 Å². The minimum Gasteiger partial charge on any atom is -0.0651 e. The van der Waals surface area contributed by atoms with E-state index in [9.17, 15) is 0 Å². The monoisotopic (exact) mass is 143 g/mol. The topological polar surface area (TPSA) is 0 Å². The SMILES string of the molecule is CC[CH]C(C)(C)CC.[AlH3]. The number of hydrogen-bond donors (Lipinski definition) is 0. The van der Waals surface area contributed by atoms with Crippen molar-refractivity contribution in [2.45, 2.75) is 40.5 Å².